The number of carboxylic acids is 1. The number of likely N-dealkylation sites (N-methyl/N-ethyl adjacent to an activating group) is 1. The number of nitrogens with one attached hydrogen (secondary N) is 3. The maximum atomic E-state index is 14.4. The Morgan fingerprint density at radius 1 is 0.963 bits per heavy atom. The molecule has 54 heavy (non-hydrogen) atoms. The van der Waals surface area contributed by atoms with E-state index in [1.807, 2.05) is 58.2 Å². The van der Waals surface area contributed by atoms with E-state index in [-0.39, 0.29) is 54.1 Å². The van der Waals surface area contributed by atoms with Gasteiger partial charge >= 0.3 is 11.9 Å². The van der Waals surface area contributed by atoms with E-state index in [0.29, 0.717) is 11.4 Å². The maximum absolute atomic E-state index is 14.4. The van der Waals surface area contributed by atoms with Crippen LogP contribution in [0.15, 0.2) is 35.7 Å². The number of carbonyl (C=O) groups is 5. The quantitative estimate of drug-likeness (QED) is 0.0810. The highest BCUT2D eigenvalue weighted by atomic mass is 32.1. The van der Waals surface area contributed by atoms with E-state index in [1.165, 1.54) is 18.3 Å². The fourth-order valence-electron chi connectivity index (χ4n) is 7.33. The molecule has 6 atom stereocenters. The molecule has 1 aliphatic carbocycles. The Hall–Kier alpha value is -3.84. The van der Waals surface area contributed by atoms with Crippen molar-refractivity contribution >= 4 is 41.0 Å². The molecule has 4 N–H and O–H groups in total. The van der Waals surface area contributed by atoms with Crippen molar-refractivity contribution in [3.05, 3.63) is 52.0 Å². The number of thiazole rings is 1. The number of carbonyl (C=O) groups excluding carboxylic acids is 4. The lowest BCUT2D eigenvalue weighted by atomic mass is 9.82. The van der Waals surface area contributed by atoms with Gasteiger partial charge in [-0.1, -0.05) is 83.7 Å². The highest BCUT2D eigenvalue weighted by Gasteiger charge is 2.38. The van der Waals surface area contributed by atoms with Gasteiger partial charge in [0.25, 0.3) is 5.91 Å². The predicted octanol–water partition coefficient (Wildman–Crippen LogP) is 6.16. The minimum atomic E-state index is -0.941. The number of esters is 1. The van der Waals surface area contributed by atoms with Crippen LogP contribution in [0.25, 0.3) is 0 Å². The van der Waals surface area contributed by atoms with Crippen molar-refractivity contribution in [3.8, 4) is 0 Å². The summed E-state index contributed by atoms with van der Waals surface area (Å²) in [6.07, 6.45) is 7.63. The minimum Gasteiger partial charge on any atom is -0.481 e. The van der Waals surface area contributed by atoms with Crippen molar-refractivity contribution in [1.29, 1.82) is 0 Å². The van der Waals surface area contributed by atoms with Gasteiger partial charge < -0.3 is 30.7 Å². The molecule has 0 radical (unpaired) electrons. The number of ether oxygens (including phenoxy) is 1. The fraction of sp³-hybridized carbons (Fsp3) is 0.659. The normalized spacial score (nSPS) is 16.7. The average Bonchev–Trinajstić information content (AvgIpc) is 3.64. The van der Waals surface area contributed by atoms with Gasteiger partial charge in [-0.25, -0.2) is 4.98 Å². The lowest BCUT2D eigenvalue weighted by Crippen LogP contribution is -2.55. The van der Waals surface area contributed by atoms with Gasteiger partial charge in [0.2, 0.25) is 11.8 Å². The lowest BCUT2D eigenvalue weighted by Gasteiger charge is -2.38. The first-order chi connectivity index (χ1) is 25.7. The molecule has 1 aromatic heterocycles. The molecular formula is C41H63N5O7S. The van der Waals surface area contributed by atoms with Gasteiger partial charge in [-0.15, -0.1) is 11.3 Å². The van der Waals surface area contributed by atoms with Crippen LogP contribution in [0.3, 0.4) is 0 Å². The Kier molecular flexibility index (Phi) is 18.6. The molecule has 0 spiro atoms. The molecule has 1 aromatic carbocycles. The van der Waals surface area contributed by atoms with Crippen molar-refractivity contribution in [3.63, 3.8) is 0 Å². The molecule has 300 valence electrons. The van der Waals surface area contributed by atoms with Crippen LogP contribution in [0.1, 0.15) is 126 Å². The molecule has 2 aromatic rings. The largest absolute Gasteiger partial charge is 0.481 e. The summed E-state index contributed by atoms with van der Waals surface area (Å²) in [7, 11) is 3.67. The Morgan fingerprint density at radius 3 is 2.26 bits per heavy atom. The number of unbranched alkanes of at least 4 members (excludes halogenated alkanes) is 1. The van der Waals surface area contributed by atoms with Gasteiger partial charge in [-0.2, -0.15) is 0 Å². The van der Waals surface area contributed by atoms with Crippen LogP contribution in [0.2, 0.25) is 0 Å². The molecule has 1 heterocycles. The molecule has 0 unspecified atom stereocenters. The van der Waals surface area contributed by atoms with Gasteiger partial charge in [0.05, 0.1) is 5.92 Å². The zero-order valence-corrected chi connectivity index (χ0v) is 34.1. The molecular weight excluding hydrogens is 707 g/mol. The third kappa shape index (κ3) is 14.1. The summed E-state index contributed by atoms with van der Waals surface area (Å²) in [6, 6.07) is 8.07. The first-order valence-electron chi connectivity index (χ1n) is 19.6. The second kappa shape index (κ2) is 22.5. The van der Waals surface area contributed by atoms with Crippen LogP contribution in [0, 0.1) is 23.7 Å². The van der Waals surface area contributed by atoms with E-state index < -0.39 is 42.0 Å². The van der Waals surface area contributed by atoms with Crippen LogP contribution < -0.4 is 16.0 Å². The molecule has 13 heteroatoms. The van der Waals surface area contributed by atoms with E-state index in [9.17, 15) is 29.1 Å². The second-order valence-electron chi connectivity index (χ2n) is 15.4. The number of rotatable bonds is 22. The monoisotopic (exact) mass is 769 g/mol. The van der Waals surface area contributed by atoms with E-state index in [4.69, 9.17) is 4.74 Å². The second-order valence-corrected chi connectivity index (χ2v) is 16.3. The minimum absolute atomic E-state index is 0.0375. The van der Waals surface area contributed by atoms with Gasteiger partial charge in [-0.3, -0.25) is 24.0 Å². The van der Waals surface area contributed by atoms with Gasteiger partial charge in [0.1, 0.15) is 16.7 Å². The molecule has 0 aliphatic heterocycles. The average molecular weight is 770 g/mol. The van der Waals surface area contributed by atoms with Crippen molar-refractivity contribution < 1.29 is 33.8 Å². The summed E-state index contributed by atoms with van der Waals surface area (Å²) in [4.78, 5) is 71.8. The van der Waals surface area contributed by atoms with Gasteiger partial charge in [0, 0.05) is 43.8 Å². The van der Waals surface area contributed by atoms with E-state index >= 15 is 0 Å². The summed E-state index contributed by atoms with van der Waals surface area (Å²) < 4.78 is 5.81. The van der Waals surface area contributed by atoms with Gasteiger partial charge in [-0.05, 0) is 69.5 Å². The zero-order valence-electron chi connectivity index (χ0n) is 33.3. The smallest absolute Gasteiger partial charge is 0.306 e. The highest BCUT2D eigenvalue weighted by Crippen LogP contribution is 2.33. The Balaban J connectivity index is 1.81. The first-order valence-corrected chi connectivity index (χ1v) is 20.5. The van der Waals surface area contributed by atoms with Crippen LogP contribution in [0.4, 0.5) is 0 Å². The SMILES string of the molecule is CNCCCC[C@@H](C)C(=O)N[C@H](C(=O)N(C)[C@H](C[C@@H](OC(C)=O)c1nc(C(=O)N[C@@H](Cc2ccccc2)C[C@H](C)C(=O)O)cs1)C(C)C)C1CCCCC1. The Bertz CT molecular complexity index is 1500. The topological polar surface area (TPSA) is 167 Å². The van der Waals surface area contributed by atoms with Crippen molar-refractivity contribution in [2.24, 2.45) is 23.7 Å². The summed E-state index contributed by atoms with van der Waals surface area (Å²) in [5.41, 5.74) is 1.10. The van der Waals surface area contributed by atoms with E-state index in [1.54, 1.807) is 24.3 Å². The van der Waals surface area contributed by atoms with Crippen molar-refractivity contribution in [2.75, 3.05) is 20.6 Å². The number of amides is 3. The van der Waals surface area contributed by atoms with Crippen LogP contribution in [-0.4, -0.2) is 83.4 Å². The molecule has 1 aliphatic rings. The number of carboxylic acid groups (broad SMARTS) is 1. The molecule has 0 bridgehead atoms. The number of nitrogens with zero attached hydrogens (tertiary/aromatic N) is 2. The zero-order chi connectivity index (χ0) is 39.8. The summed E-state index contributed by atoms with van der Waals surface area (Å²) in [5.74, 6) is -3.06. The van der Waals surface area contributed by atoms with Crippen LogP contribution in [-0.2, 0) is 30.3 Å². The van der Waals surface area contributed by atoms with E-state index in [2.05, 4.69) is 20.9 Å². The number of aliphatic carboxylic acids is 1. The lowest BCUT2D eigenvalue weighted by molar-refractivity contribution is -0.149. The summed E-state index contributed by atoms with van der Waals surface area (Å²) >= 11 is 1.19. The fourth-order valence-corrected chi connectivity index (χ4v) is 8.16. The third-order valence-electron chi connectivity index (χ3n) is 10.6. The van der Waals surface area contributed by atoms with Gasteiger partial charge in [0.15, 0.2) is 6.10 Å². The molecule has 3 rings (SSSR count). The van der Waals surface area contributed by atoms with Crippen LogP contribution in [0.5, 0.6) is 0 Å². The number of aromatic nitrogens is 1. The van der Waals surface area contributed by atoms with Crippen LogP contribution >= 0.6 is 11.3 Å². The predicted molar refractivity (Wildman–Crippen MR) is 211 cm³/mol. The van der Waals surface area contributed by atoms with Crippen molar-refractivity contribution in [2.45, 2.75) is 129 Å². The molecule has 0 saturated heterocycles. The highest BCUT2D eigenvalue weighted by molar-refractivity contribution is 7.09. The summed E-state index contributed by atoms with van der Waals surface area (Å²) in [6.45, 7) is 9.76. The standard InChI is InChI=1S/C41H63N5O7S/c1-26(2)34(46(7)40(50)36(31-19-12-9-13-20-31)45-37(48)27(3)16-14-15-21-42-6)24-35(53-29(5)47)39-44-33(25-54-39)38(49)43-32(22-28(4)41(51)52)23-30-17-10-8-11-18-30/h8,10-11,17-18,25-28,31-32,34-36,42H,9,12-16,19-24H2,1-7H3,(H,43,49)(H,45,48)(H,51,52)/t27-,28+,32-,34-,35-,36+/m1/s1. The Morgan fingerprint density at radius 2 is 1.65 bits per heavy atom. The molecule has 3 amide bonds. The Labute approximate surface area is 325 Å². The number of hydrogen-bond acceptors (Lipinski definition) is 9. The van der Waals surface area contributed by atoms with Crippen molar-refractivity contribution in [1.82, 2.24) is 25.8 Å². The molecule has 1 fully saturated rings. The maximum Gasteiger partial charge on any atom is 0.306 e. The molecule has 12 nitrogen and oxygen atoms in total. The number of hydrogen-bond donors (Lipinski definition) is 4. The number of benzene rings is 1. The summed E-state index contributed by atoms with van der Waals surface area (Å²) in [5, 5.41) is 20.9. The first kappa shape index (κ1) is 44.6. The third-order valence-corrected chi connectivity index (χ3v) is 11.5. The molecule has 1 saturated carbocycles. The van der Waals surface area contributed by atoms with E-state index in [0.717, 1.165) is 63.5 Å².